The second-order valence-electron chi connectivity index (χ2n) is 15.9. The van der Waals surface area contributed by atoms with Crippen LogP contribution in [0.4, 0.5) is 4.79 Å². The minimum Gasteiger partial charge on any atom is -0.370 e. The number of urea groups is 1. The first-order valence-corrected chi connectivity index (χ1v) is 20.3. The molecule has 0 spiro atoms. The molecule has 2 unspecified atom stereocenters. The number of unbranched alkanes of at least 4 members (excludes halogenated alkanes) is 1. The SMILES string of the molecule is CC(=O)CCC(NC(N)=O)(NC(=O)[C@H](CCCN=C(N)N)NC(=O)[C@@H](Cc1ccccc1)NC=O)C(N)=O.CC1CCC(C(C)(C)C)CC1.CCCCC(C)N.CN. The lowest BCUT2D eigenvalue weighted by Crippen LogP contribution is -2.70. The Morgan fingerprint density at radius 2 is 1.47 bits per heavy atom. The van der Waals surface area contributed by atoms with Gasteiger partial charge < -0.3 is 60.5 Å². The molecule has 2 rings (SSSR count). The number of nitrogens with one attached hydrogen (secondary N) is 4. The first-order valence-electron chi connectivity index (χ1n) is 20.3. The van der Waals surface area contributed by atoms with Crippen LogP contribution in [0.15, 0.2) is 35.3 Å². The summed E-state index contributed by atoms with van der Waals surface area (Å²) in [6.07, 6.45) is 9.65. The fraction of sp³-hybridized carbons (Fsp3) is 0.683. The standard InChI is InChI=1S/C23H35N9O6.C11H22.C6H15N.CH5N/c1-14(34)9-10-23(20(24)37,32-22(27)38)31-19(36)16(8-5-11-28-21(25)26)30-18(35)17(29-13-33)12-15-6-3-2-4-7-15;1-9-5-7-10(8-6-9)11(2,3)4;1-3-4-5-6(2)7;1-2/h2-4,6-7,13,16-17H,5,8-12H2,1H3,(H2,24,37)(H,29,33)(H,30,35)(H,31,36)(H4,25,26,28)(H3,27,32,38);9-10H,5-8H2,1-4H3;6H,3-5,7H2,1-2H3;2H2,1H3/t16-,17+,23?;;;/m0.../s1. The summed E-state index contributed by atoms with van der Waals surface area (Å²) in [6, 6.07) is 5.75. The van der Waals surface area contributed by atoms with E-state index in [9.17, 15) is 28.8 Å². The van der Waals surface area contributed by atoms with E-state index in [0.717, 1.165) is 17.4 Å². The molecular formula is C41H77N11O6. The Morgan fingerprint density at radius 3 is 1.90 bits per heavy atom. The second-order valence-corrected chi connectivity index (χ2v) is 15.9. The molecular weight excluding hydrogens is 743 g/mol. The number of aliphatic imine (C=N–C) groups is 1. The summed E-state index contributed by atoms with van der Waals surface area (Å²) in [4.78, 5) is 76.9. The number of nitrogens with two attached hydrogens (primary N) is 6. The minimum absolute atomic E-state index is 0.00831. The van der Waals surface area contributed by atoms with E-state index in [2.05, 4.69) is 73.5 Å². The van der Waals surface area contributed by atoms with Crippen molar-refractivity contribution in [3.63, 3.8) is 0 Å². The fourth-order valence-corrected chi connectivity index (χ4v) is 6.13. The summed E-state index contributed by atoms with van der Waals surface area (Å²) in [7, 11) is 1.50. The highest BCUT2D eigenvalue weighted by Gasteiger charge is 2.41. The number of ketones is 1. The number of amides is 6. The third-order valence-electron chi connectivity index (χ3n) is 9.65. The van der Waals surface area contributed by atoms with Crippen molar-refractivity contribution >= 4 is 41.9 Å². The second kappa shape index (κ2) is 30.3. The van der Waals surface area contributed by atoms with Crippen molar-refractivity contribution in [2.45, 2.75) is 149 Å². The molecule has 17 heteroatoms. The zero-order valence-electron chi connectivity index (χ0n) is 36.4. The Kier molecular flexibility index (Phi) is 28.9. The van der Waals surface area contributed by atoms with Crippen LogP contribution >= 0.6 is 0 Å². The highest BCUT2D eigenvalue weighted by Crippen LogP contribution is 2.39. The average molecular weight is 820 g/mol. The largest absolute Gasteiger partial charge is 0.370 e. The van der Waals surface area contributed by atoms with Gasteiger partial charge in [-0.05, 0) is 75.8 Å². The van der Waals surface area contributed by atoms with Gasteiger partial charge in [0.15, 0.2) is 11.6 Å². The Bertz CT molecular complexity index is 1380. The molecule has 1 aromatic carbocycles. The maximum atomic E-state index is 13.3. The minimum atomic E-state index is -2.21. The summed E-state index contributed by atoms with van der Waals surface area (Å²) < 4.78 is 0. The van der Waals surface area contributed by atoms with Gasteiger partial charge in [-0.3, -0.25) is 24.2 Å². The van der Waals surface area contributed by atoms with Crippen molar-refractivity contribution in [1.82, 2.24) is 21.3 Å². The van der Waals surface area contributed by atoms with Gasteiger partial charge in [0.25, 0.3) is 5.91 Å². The number of benzene rings is 1. The predicted molar refractivity (Wildman–Crippen MR) is 232 cm³/mol. The van der Waals surface area contributed by atoms with Crippen LogP contribution in [0.1, 0.15) is 125 Å². The van der Waals surface area contributed by atoms with Crippen molar-refractivity contribution in [1.29, 1.82) is 0 Å². The monoisotopic (exact) mass is 820 g/mol. The number of carbonyl (C=O) groups is 6. The maximum absolute atomic E-state index is 13.3. The van der Waals surface area contributed by atoms with Crippen LogP contribution in [-0.4, -0.2) is 79.3 Å². The lowest BCUT2D eigenvalue weighted by Gasteiger charge is -2.35. The lowest BCUT2D eigenvalue weighted by atomic mass is 9.70. The molecule has 0 aliphatic heterocycles. The lowest BCUT2D eigenvalue weighted by molar-refractivity contribution is -0.136. The molecule has 0 radical (unpaired) electrons. The number of nitrogens with zero attached hydrogens (tertiary/aromatic N) is 1. The number of carbonyl (C=O) groups excluding carboxylic acids is 6. The van der Waals surface area contributed by atoms with Crippen molar-refractivity contribution in [3.05, 3.63) is 35.9 Å². The number of rotatable bonds is 20. The molecule has 4 atom stereocenters. The van der Waals surface area contributed by atoms with E-state index in [0.29, 0.717) is 17.9 Å². The molecule has 1 aromatic rings. The molecule has 1 aliphatic carbocycles. The number of guanidine groups is 1. The zero-order chi connectivity index (χ0) is 44.9. The van der Waals surface area contributed by atoms with Gasteiger partial charge in [-0.25, -0.2) is 4.79 Å². The van der Waals surface area contributed by atoms with Crippen molar-refractivity contribution in [3.8, 4) is 0 Å². The topological polar surface area (TPSA) is 319 Å². The summed E-state index contributed by atoms with van der Waals surface area (Å²) in [6.45, 7) is 15.1. The number of Topliss-reactive ketones (excluding diaryl/α,β-unsaturated/α-hetero) is 1. The van der Waals surface area contributed by atoms with E-state index in [1.165, 1.54) is 58.9 Å². The molecule has 0 bridgehead atoms. The van der Waals surface area contributed by atoms with Gasteiger partial charge in [-0.1, -0.05) is 90.6 Å². The van der Waals surface area contributed by atoms with Gasteiger partial charge in [0.2, 0.25) is 18.2 Å². The molecule has 58 heavy (non-hydrogen) atoms. The van der Waals surface area contributed by atoms with Crippen molar-refractivity contribution in [2.24, 2.45) is 56.6 Å². The highest BCUT2D eigenvalue weighted by atomic mass is 16.2. The van der Waals surface area contributed by atoms with E-state index in [1.54, 1.807) is 30.3 Å². The quantitative estimate of drug-likeness (QED) is 0.0301. The predicted octanol–water partition coefficient (Wildman–Crippen LogP) is 2.17. The van der Waals surface area contributed by atoms with Crippen LogP contribution in [0.25, 0.3) is 0 Å². The molecule has 0 heterocycles. The van der Waals surface area contributed by atoms with Gasteiger partial charge in [0.1, 0.15) is 17.9 Å². The molecule has 0 saturated heterocycles. The molecule has 6 amide bonds. The highest BCUT2D eigenvalue weighted by molar-refractivity contribution is 5.97. The Balaban J connectivity index is 0. The van der Waals surface area contributed by atoms with Crippen LogP contribution in [0.2, 0.25) is 0 Å². The van der Waals surface area contributed by atoms with Crippen LogP contribution in [0.3, 0.4) is 0 Å². The normalized spacial score (nSPS) is 17.1. The number of primary amides is 2. The maximum Gasteiger partial charge on any atom is 0.314 e. The zero-order valence-corrected chi connectivity index (χ0v) is 36.4. The Morgan fingerprint density at radius 1 is 0.879 bits per heavy atom. The molecule has 0 aromatic heterocycles. The van der Waals surface area contributed by atoms with Gasteiger partial charge in [-0.15, -0.1) is 0 Å². The molecule has 16 N–H and O–H groups in total. The summed E-state index contributed by atoms with van der Waals surface area (Å²) in [5, 5.41) is 9.39. The summed E-state index contributed by atoms with van der Waals surface area (Å²) >= 11 is 0. The molecule has 332 valence electrons. The summed E-state index contributed by atoms with van der Waals surface area (Å²) in [5.74, 6) is -1.33. The van der Waals surface area contributed by atoms with Gasteiger partial charge in [0, 0.05) is 31.8 Å². The Hall–Kier alpha value is -4.77. The van der Waals surface area contributed by atoms with E-state index in [-0.39, 0.29) is 50.4 Å². The van der Waals surface area contributed by atoms with E-state index < -0.39 is 41.5 Å². The van der Waals surface area contributed by atoms with E-state index in [1.807, 2.05) is 0 Å². The number of hydrogen-bond acceptors (Lipinski definition) is 9. The van der Waals surface area contributed by atoms with E-state index in [4.69, 9.17) is 28.7 Å². The third-order valence-corrected chi connectivity index (χ3v) is 9.65. The average Bonchev–Trinajstić information content (AvgIpc) is 3.15. The first kappa shape index (κ1) is 55.3. The van der Waals surface area contributed by atoms with Crippen LogP contribution in [-0.2, 0) is 30.4 Å². The molecule has 1 aliphatic rings. The van der Waals surface area contributed by atoms with Crippen LogP contribution in [0, 0.1) is 17.3 Å². The molecule has 17 nitrogen and oxygen atoms in total. The van der Waals surface area contributed by atoms with E-state index >= 15 is 0 Å². The van der Waals surface area contributed by atoms with Gasteiger partial charge in [-0.2, -0.15) is 0 Å². The number of hydrogen-bond donors (Lipinski definition) is 10. The van der Waals surface area contributed by atoms with Gasteiger partial charge in [0.05, 0.1) is 0 Å². The van der Waals surface area contributed by atoms with Gasteiger partial charge >= 0.3 is 6.03 Å². The van der Waals surface area contributed by atoms with Crippen LogP contribution < -0.4 is 55.7 Å². The Labute approximate surface area is 346 Å². The third kappa shape index (κ3) is 25.5. The smallest absolute Gasteiger partial charge is 0.314 e. The fourth-order valence-electron chi connectivity index (χ4n) is 6.13. The molecule has 1 fully saturated rings. The van der Waals surface area contributed by atoms with Crippen LogP contribution in [0.5, 0.6) is 0 Å². The summed E-state index contributed by atoms with van der Waals surface area (Å²) in [5.41, 5.74) is 30.4. The van der Waals surface area contributed by atoms with Crippen molar-refractivity contribution in [2.75, 3.05) is 13.6 Å². The van der Waals surface area contributed by atoms with Crippen molar-refractivity contribution < 1.29 is 28.8 Å². The molecule has 1 saturated carbocycles. The first-order chi connectivity index (χ1) is 27.2.